The first-order valence-electron chi connectivity index (χ1n) is 10.7. The Morgan fingerprint density at radius 3 is 0.538 bits per heavy atom. The second-order valence-electron chi connectivity index (χ2n) is 6.71. The topological polar surface area (TPSA) is 96.2 Å². The van der Waals surface area contributed by atoms with Crippen LogP contribution >= 0.6 is 0 Å². The zero-order chi connectivity index (χ0) is 18.4. The van der Waals surface area contributed by atoms with Gasteiger partial charge >= 0.3 is 0 Å². The molecule has 8 N–H and O–H groups in total. The molecule has 0 aliphatic carbocycles. The number of nitrogens with one attached hydrogen (secondary N) is 8. The molecule has 0 aromatic carbocycles. The highest BCUT2D eigenvalue weighted by Gasteiger charge is 1.93. The van der Waals surface area contributed by atoms with Crippen molar-refractivity contribution >= 4 is 0 Å². The van der Waals surface area contributed by atoms with E-state index in [1.807, 2.05) is 0 Å². The molecule has 0 aromatic rings. The van der Waals surface area contributed by atoms with E-state index >= 15 is 0 Å². The molecule has 0 aromatic heterocycles. The van der Waals surface area contributed by atoms with Crippen LogP contribution < -0.4 is 42.5 Å². The molecule has 8 nitrogen and oxygen atoms in total. The molecule has 0 bridgehead atoms. The van der Waals surface area contributed by atoms with E-state index < -0.39 is 0 Å². The van der Waals surface area contributed by atoms with Crippen molar-refractivity contribution in [3.63, 3.8) is 0 Å². The lowest BCUT2D eigenvalue weighted by Crippen LogP contribution is -2.39. The van der Waals surface area contributed by atoms with Crippen molar-refractivity contribution in [2.45, 2.75) is 12.8 Å². The minimum atomic E-state index is 1.07. The van der Waals surface area contributed by atoms with Crippen LogP contribution in [0.5, 0.6) is 0 Å². The van der Waals surface area contributed by atoms with E-state index in [-0.39, 0.29) is 0 Å². The fourth-order valence-electron chi connectivity index (χ4n) is 2.74. The molecule has 26 heavy (non-hydrogen) atoms. The van der Waals surface area contributed by atoms with Gasteiger partial charge in [0.05, 0.1) is 0 Å². The third-order valence-electron chi connectivity index (χ3n) is 4.29. The SMILES string of the molecule is C1CNCCNCCCNCCNC1.C1CNCCNCCNCCN1. The van der Waals surface area contributed by atoms with Gasteiger partial charge in [-0.25, -0.2) is 0 Å². The van der Waals surface area contributed by atoms with Crippen LogP contribution in [0.25, 0.3) is 0 Å². The second-order valence-corrected chi connectivity index (χ2v) is 6.71. The van der Waals surface area contributed by atoms with Gasteiger partial charge in [0.1, 0.15) is 0 Å². The molecule has 0 atom stereocenters. The molecule has 0 spiro atoms. The molecular formula is C18H44N8. The predicted octanol–water partition coefficient (Wildman–Crippen LogP) is -2.50. The highest BCUT2D eigenvalue weighted by molar-refractivity contribution is 4.60. The van der Waals surface area contributed by atoms with Gasteiger partial charge in [-0.05, 0) is 39.0 Å². The molecule has 2 aliphatic heterocycles. The Labute approximate surface area is 160 Å². The summed E-state index contributed by atoms with van der Waals surface area (Å²) >= 11 is 0. The molecule has 2 rings (SSSR count). The second kappa shape index (κ2) is 21.0. The van der Waals surface area contributed by atoms with E-state index in [0.29, 0.717) is 0 Å². The highest BCUT2D eigenvalue weighted by Crippen LogP contribution is 1.76. The highest BCUT2D eigenvalue weighted by atomic mass is 15.0. The summed E-state index contributed by atoms with van der Waals surface area (Å²) in [5.41, 5.74) is 0. The van der Waals surface area contributed by atoms with E-state index in [1.54, 1.807) is 0 Å². The molecule has 0 saturated carbocycles. The van der Waals surface area contributed by atoms with E-state index in [4.69, 9.17) is 0 Å². The molecule has 156 valence electrons. The van der Waals surface area contributed by atoms with E-state index in [1.165, 1.54) is 12.8 Å². The minimum absolute atomic E-state index is 1.07. The Kier molecular flexibility index (Phi) is 19.1. The maximum atomic E-state index is 3.42. The summed E-state index contributed by atoms with van der Waals surface area (Å²) in [5.74, 6) is 0. The van der Waals surface area contributed by atoms with Crippen LogP contribution in [0, 0.1) is 0 Å². The van der Waals surface area contributed by atoms with Crippen molar-refractivity contribution in [1.82, 2.24) is 42.5 Å². The smallest absolute Gasteiger partial charge is 0.00772 e. The van der Waals surface area contributed by atoms with Crippen LogP contribution in [0.2, 0.25) is 0 Å². The van der Waals surface area contributed by atoms with E-state index in [9.17, 15) is 0 Å². The van der Waals surface area contributed by atoms with Gasteiger partial charge in [-0.2, -0.15) is 0 Å². The Morgan fingerprint density at radius 1 is 0.192 bits per heavy atom. The van der Waals surface area contributed by atoms with Gasteiger partial charge in [-0.3, -0.25) is 0 Å². The maximum Gasteiger partial charge on any atom is 0.00772 e. The summed E-state index contributed by atoms with van der Waals surface area (Å²) in [6.45, 7) is 17.4. The molecular weight excluding hydrogens is 328 g/mol. The summed E-state index contributed by atoms with van der Waals surface area (Å²) < 4.78 is 0. The molecule has 2 heterocycles. The number of hydrogen-bond acceptors (Lipinski definition) is 8. The van der Waals surface area contributed by atoms with Crippen molar-refractivity contribution in [3.8, 4) is 0 Å². The van der Waals surface area contributed by atoms with Crippen LogP contribution in [0.15, 0.2) is 0 Å². The lowest BCUT2D eigenvalue weighted by atomic mass is 10.3. The van der Waals surface area contributed by atoms with Crippen molar-refractivity contribution in [2.75, 3.05) is 105 Å². The standard InChI is InChI=1S/C10H24N4.C8H20N4/c1-3-11-7-9-13-5-2-6-14-10-8-12-4-1;1-2-10-5-6-12-8-7-11-4-3-9-1/h11-14H,1-10H2;9-12H,1-8H2. The Balaban J connectivity index is 0.000000263. The monoisotopic (exact) mass is 372 g/mol. The molecule has 0 unspecified atom stereocenters. The van der Waals surface area contributed by atoms with Crippen LogP contribution in [-0.4, -0.2) is 105 Å². The Bertz CT molecular complexity index is 171. The molecule has 2 aliphatic rings. The number of rotatable bonds is 0. The lowest BCUT2D eigenvalue weighted by Gasteiger charge is -2.11. The van der Waals surface area contributed by atoms with Crippen LogP contribution in [0.3, 0.4) is 0 Å². The third kappa shape index (κ3) is 18.5. The van der Waals surface area contributed by atoms with E-state index in [2.05, 4.69) is 42.5 Å². The average molecular weight is 373 g/mol. The fourth-order valence-corrected chi connectivity index (χ4v) is 2.74. The largest absolute Gasteiger partial charge is 0.315 e. The van der Waals surface area contributed by atoms with Gasteiger partial charge in [0.15, 0.2) is 0 Å². The lowest BCUT2D eigenvalue weighted by molar-refractivity contribution is 0.530. The van der Waals surface area contributed by atoms with Crippen LogP contribution in [0.1, 0.15) is 12.8 Å². The fraction of sp³-hybridized carbons (Fsp3) is 1.00. The van der Waals surface area contributed by atoms with Gasteiger partial charge in [-0.15, -0.1) is 0 Å². The molecule has 8 heteroatoms. The Hall–Kier alpha value is -0.320. The van der Waals surface area contributed by atoms with Gasteiger partial charge in [0.2, 0.25) is 0 Å². The van der Waals surface area contributed by atoms with Crippen LogP contribution in [-0.2, 0) is 0 Å². The maximum absolute atomic E-state index is 3.42. The van der Waals surface area contributed by atoms with Gasteiger partial charge < -0.3 is 42.5 Å². The Morgan fingerprint density at radius 2 is 0.346 bits per heavy atom. The van der Waals surface area contributed by atoms with Gasteiger partial charge in [0.25, 0.3) is 0 Å². The molecule has 2 fully saturated rings. The molecule has 0 radical (unpaired) electrons. The quantitative estimate of drug-likeness (QED) is 0.236. The van der Waals surface area contributed by atoms with Gasteiger partial charge in [-0.1, -0.05) is 0 Å². The predicted molar refractivity (Wildman–Crippen MR) is 112 cm³/mol. The first kappa shape index (κ1) is 23.7. The zero-order valence-corrected chi connectivity index (χ0v) is 16.7. The van der Waals surface area contributed by atoms with Crippen molar-refractivity contribution in [1.29, 1.82) is 0 Å². The summed E-state index contributed by atoms with van der Waals surface area (Å²) in [6.07, 6.45) is 2.44. The van der Waals surface area contributed by atoms with Crippen molar-refractivity contribution in [3.05, 3.63) is 0 Å². The van der Waals surface area contributed by atoms with Crippen molar-refractivity contribution in [2.24, 2.45) is 0 Å². The summed E-state index contributed by atoms with van der Waals surface area (Å²) in [6, 6.07) is 0. The first-order valence-corrected chi connectivity index (χ1v) is 10.7. The summed E-state index contributed by atoms with van der Waals surface area (Å²) in [7, 11) is 0. The third-order valence-corrected chi connectivity index (χ3v) is 4.29. The molecule has 2 saturated heterocycles. The zero-order valence-electron chi connectivity index (χ0n) is 16.7. The molecule has 0 amide bonds. The first-order chi connectivity index (χ1) is 13.0. The minimum Gasteiger partial charge on any atom is -0.315 e. The number of hydrogen-bond donors (Lipinski definition) is 8. The average Bonchev–Trinajstić information content (AvgIpc) is 2.65. The van der Waals surface area contributed by atoms with Crippen LogP contribution in [0.4, 0.5) is 0 Å². The normalized spacial score (nSPS) is 24.0. The summed E-state index contributed by atoms with van der Waals surface area (Å²) in [4.78, 5) is 0. The van der Waals surface area contributed by atoms with Crippen molar-refractivity contribution < 1.29 is 0 Å². The van der Waals surface area contributed by atoms with E-state index in [0.717, 1.165) is 105 Å². The van der Waals surface area contributed by atoms with Gasteiger partial charge in [0, 0.05) is 78.5 Å². The summed E-state index contributed by atoms with van der Waals surface area (Å²) in [5, 5.41) is 27.1.